The molecule has 2 aliphatic rings. The van der Waals surface area contributed by atoms with Crippen molar-refractivity contribution < 1.29 is 0 Å². The first kappa shape index (κ1) is 15.3. The Balaban J connectivity index is 1.55. The van der Waals surface area contributed by atoms with Crippen LogP contribution in [0.2, 0.25) is 0 Å². The van der Waals surface area contributed by atoms with Gasteiger partial charge in [0.25, 0.3) is 0 Å². The maximum atomic E-state index is 3.86. The molecule has 0 spiro atoms. The second-order valence-corrected chi connectivity index (χ2v) is 7.00. The Morgan fingerprint density at radius 2 is 1.68 bits per heavy atom. The van der Waals surface area contributed by atoms with Crippen LogP contribution in [-0.4, -0.2) is 37.1 Å². The molecule has 2 rings (SSSR count). The number of unbranched alkanes of at least 4 members (excludes halogenated alkanes) is 1. The number of hydrogen-bond acceptors (Lipinski definition) is 2. The van der Waals surface area contributed by atoms with Gasteiger partial charge in [0.15, 0.2) is 0 Å². The molecule has 1 N–H and O–H groups in total. The molecule has 0 aromatic rings. The highest BCUT2D eigenvalue weighted by Gasteiger charge is 2.21. The number of likely N-dealkylation sites (tertiary alicyclic amines) is 1. The number of rotatable bonds is 6. The van der Waals surface area contributed by atoms with Crippen molar-refractivity contribution in [1.29, 1.82) is 0 Å². The minimum Gasteiger partial charge on any atom is -0.314 e. The number of nitrogens with one attached hydrogen (secondary N) is 1. The molecule has 0 unspecified atom stereocenters. The van der Waals surface area contributed by atoms with Gasteiger partial charge < -0.3 is 10.2 Å². The smallest absolute Gasteiger partial charge is 0.00915 e. The molecule has 2 nitrogen and oxygen atoms in total. The predicted octanol–water partition coefficient (Wildman–Crippen LogP) is 3.67. The van der Waals surface area contributed by atoms with Crippen molar-refractivity contribution in [3.8, 4) is 0 Å². The first-order valence-corrected chi connectivity index (χ1v) is 8.73. The van der Waals surface area contributed by atoms with Gasteiger partial charge in [-0.1, -0.05) is 33.1 Å². The van der Waals surface area contributed by atoms with Crippen LogP contribution in [0.1, 0.15) is 65.2 Å². The molecule has 1 aliphatic carbocycles. The Labute approximate surface area is 120 Å². The summed E-state index contributed by atoms with van der Waals surface area (Å²) in [4.78, 5) is 2.66. The summed E-state index contributed by atoms with van der Waals surface area (Å²) in [6.07, 6.45) is 11.3. The van der Waals surface area contributed by atoms with Crippen molar-refractivity contribution in [3.63, 3.8) is 0 Å². The first-order chi connectivity index (χ1) is 9.28. The van der Waals surface area contributed by atoms with Crippen LogP contribution in [0.25, 0.3) is 0 Å². The number of nitrogens with zero attached hydrogens (tertiary/aromatic N) is 1. The quantitative estimate of drug-likeness (QED) is 0.789. The van der Waals surface area contributed by atoms with Crippen LogP contribution in [0.5, 0.6) is 0 Å². The van der Waals surface area contributed by atoms with Crippen LogP contribution in [0.4, 0.5) is 0 Å². The molecule has 0 atom stereocenters. The van der Waals surface area contributed by atoms with E-state index in [0.29, 0.717) is 0 Å². The van der Waals surface area contributed by atoms with Gasteiger partial charge >= 0.3 is 0 Å². The van der Waals surface area contributed by atoms with E-state index in [0.717, 1.165) is 17.9 Å². The molecule has 1 aliphatic heterocycles. The number of hydrogen-bond donors (Lipinski definition) is 1. The van der Waals surface area contributed by atoms with Gasteiger partial charge in [-0.2, -0.15) is 0 Å². The van der Waals surface area contributed by atoms with Crippen molar-refractivity contribution in [2.45, 2.75) is 71.3 Å². The summed E-state index contributed by atoms with van der Waals surface area (Å²) < 4.78 is 0. The first-order valence-electron chi connectivity index (χ1n) is 8.73. The van der Waals surface area contributed by atoms with E-state index >= 15 is 0 Å². The highest BCUT2D eigenvalue weighted by Crippen LogP contribution is 2.28. The lowest BCUT2D eigenvalue weighted by atomic mass is 9.83. The van der Waals surface area contributed by atoms with E-state index in [1.165, 1.54) is 77.5 Å². The van der Waals surface area contributed by atoms with Gasteiger partial charge in [-0.25, -0.2) is 0 Å². The molecule has 19 heavy (non-hydrogen) atoms. The molecular weight excluding hydrogens is 232 g/mol. The van der Waals surface area contributed by atoms with Gasteiger partial charge in [-0.05, 0) is 70.1 Å². The summed E-state index contributed by atoms with van der Waals surface area (Å²) in [6.45, 7) is 9.95. The van der Waals surface area contributed by atoms with Crippen molar-refractivity contribution in [3.05, 3.63) is 0 Å². The highest BCUT2D eigenvalue weighted by atomic mass is 15.1. The lowest BCUT2D eigenvalue weighted by Gasteiger charge is -2.34. The second-order valence-electron chi connectivity index (χ2n) is 7.00. The van der Waals surface area contributed by atoms with E-state index in [1.54, 1.807) is 0 Å². The lowest BCUT2D eigenvalue weighted by molar-refractivity contribution is 0.187. The minimum atomic E-state index is 0.803. The largest absolute Gasteiger partial charge is 0.314 e. The van der Waals surface area contributed by atoms with E-state index in [9.17, 15) is 0 Å². The normalized spacial score (nSPS) is 30.6. The minimum absolute atomic E-state index is 0.803. The fourth-order valence-electron chi connectivity index (χ4n) is 3.61. The summed E-state index contributed by atoms with van der Waals surface area (Å²) in [7, 11) is 0. The van der Waals surface area contributed by atoms with Gasteiger partial charge in [0.05, 0.1) is 0 Å². The summed E-state index contributed by atoms with van der Waals surface area (Å²) in [6, 6.07) is 0.803. The summed E-state index contributed by atoms with van der Waals surface area (Å²) in [5.74, 6) is 1.95. The van der Waals surface area contributed by atoms with Crippen molar-refractivity contribution in [1.82, 2.24) is 10.2 Å². The molecule has 112 valence electrons. The average molecular weight is 266 g/mol. The zero-order chi connectivity index (χ0) is 13.5. The predicted molar refractivity (Wildman–Crippen MR) is 83.5 cm³/mol. The Morgan fingerprint density at radius 3 is 2.32 bits per heavy atom. The highest BCUT2D eigenvalue weighted by molar-refractivity contribution is 4.79. The van der Waals surface area contributed by atoms with E-state index < -0.39 is 0 Å². The molecule has 0 bridgehead atoms. The molecular formula is C17H34N2. The van der Waals surface area contributed by atoms with Crippen LogP contribution in [-0.2, 0) is 0 Å². The maximum absolute atomic E-state index is 3.86. The van der Waals surface area contributed by atoms with Gasteiger partial charge in [0.2, 0.25) is 0 Å². The average Bonchev–Trinajstić information content (AvgIpc) is 2.46. The van der Waals surface area contributed by atoms with Crippen molar-refractivity contribution in [2.24, 2.45) is 11.8 Å². The van der Waals surface area contributed by atoms with Crippen LogP contribution < -0.4 is 5.32 Å². The summed E-state index contributed by atoms with van der Waals surface area (Å²) in [5, 5.41) is 3.86. The van der Waals surface area contributed by atoms with Crippen LogP contribution >= 0.6 is 0 Å². The van der Waals surface area contributed by atoms with Crippen LogP contribution in [0, 0.1) is 11.8 Å². The zero-order valence-electron chi connectivity index (χ0n) is 13.2. The van der Waals surface area contributed by atoms with Crippen LogP contribution in [0.3, 0.4) is 0 Å². The Morgan fingerprint density at radius 1 is 1.00 bits per heavy atom. The van der Waals surface area contributed by atoms with Gasteiger partial charge in [-0.15, -0.1) is 0 Å². The van der Waals surface area contributed by atoms with E-state index in [-0.39, 0.29) is 0 Å². The number of piperidine rings is 1. The zero-order valence-corrected chi connectivity index (χ0v) is 13.2. The summed E-state index contributed by atoms with van der Waals surface area (Å²) >= 11 is 0. The third-order valence-electron chi connectivity index (χ3n) is 5.25. The molecule has 0 amide bonds. The SMILES string of the molecule is CCCCN1CCC(NCC2CCC(C)CC2)CC1. The van der Waals surface area contributed by atoms with Crippen molar-refractivity contribution in [2.75, 3.05) is 26.2 Å². The van der Waals surface area contributed by atoms with E-state index in [1.807, 2.05) is 0 Å². The van der Waals surface area contributed by atoms with Gasteiger partial charge in [-0.3, -0.25) is 0 Å². The third-order valence-corrected chi connectivity index (χ3v) is 5.25. The molecule has 1 saturated carbocycles. The maximum Gasteiger partial charge on any atom is 0.00915 e. The van der Waals surface area contributed by atoms with Gasteiger partial charge in [0.1, 0.15) is 0 Å². The monoisotopic (exact) mass is 266 g/mol. The molecule has 2 fully saturated rings. The fraction of sp³-hybridized carbons (Fsp3) is 1.00. The Hall–Kier alpha value is -0.0800. The standard InChI is InChI=1S/C17H34N2/c1-3-4-11-19-12-9-17(10-13-19)18-14-16-7-5-15(2)6-8-16/h15-18H,3-14H2,1-2H3. The van der Waals surface area contributed by atoms with Gasteiger partial charge in [0, 0.05) is 6.04 Å². The Bertz CT molecular complexity index is 225. The topological polar surface area (TPSA) is 15.3 Å². The molecule has 1 heterocycles. The summed E-state index contributed by atoms with van der Waals surface area (Å²) in [5.41, 5.74) is 0. The third kappa shape index (κ3) is 5.43. The molecule has 0 radical (unpaired) electrons. The van der Waals surface area contributed by atoms with Crippen molar-refractivity contribution >= 4 is 0 Å². The molecule has 2 heteroatoms. The molecule has 1 saturated heterocycles. The Kier molecular flexibility index (Phi) is 6.66. The molecule has 0 aromatic heterocycles. The lowest BCUT2D eigenvalue weighted by Crippen LogP contribution is -2.44. The second kappa shape index (κ2) is 8.26. The van der Waals surface area contributed by atoms with E-state index in [2.05, 4.69) is 24.1 Å². The van der Waals surface area contributed by atoms with Crippen LogP contribution in [0.15, 0.2) is 0 Å². The van der Waals surface area contributed by atoms with E-state index in [4.69, 9.17) is 0 Å². The fourth-order valence-corrected chi connectivity index (χ4v) is 3.61. The molecule has 0 aromatic carbocycles.